The van der Waals surface area contributed by atoms with Gasteiger partial charge in [0.1, 0.15) is 5.82 Å². The Morgan fingerprint density at radius 3 is 2.38 bits per heavy atom. The van der Waals surface area contributed by atoms with E-state index in [1.807, 2.05) is 30.3 Å². The first-order valence-electron chi connectivity index (χ1n) is 10.1. The van der Waals surface area contributed by atoms with Gasteiger partial charge < -0.3 is 10.1 Å². The molecule has 6 heteroatoms. The maximum absolute atomic E-state index is 13.4. The average molecular weight is 417 g/mol. The topological polar surface area (TPSA) is 41.6 Å². The second-order valence-electron chi connectivity index (χ2n) is 7.56. The standard InChI is InChI=1S/C23H29FN2O2S/c1-17(2)22(29-20-6-4-3-5-7-20)23(27)25-16-21(26-12-14-28-15-13-26)18-8-10-19(24)11-9-18/h3-11,17,21-22H,12-16H2,1-2H3,(H,25,27)/t21-,22+/m0/s1. The summed E-state index contributed by atoms with van der Waals surface area (Å²) >= 11 is 1.59. The first-order chi connectivity index (χ1) is 14.0. The monoisotopic (exact) mass is 416 g/mol. The van der Waals surface area contributed by atoms with Gasteiger partial charge in [-0.3, -0.25) is 9.69 Å². The number of nitrogens with zero attached hydrogens (tertiary/aromatic N) is 1. The summed E-state index contributed by atoms with van der Waals surface area (Å²) in [7, 11) is 0. The van der Waals surface area contributed by atoms with Crippen LogP contribution in [0.25, 0.3) is 0 Å². The molecule has 2 atom stereocenters. The minimum absolute atomic E-state index is 0.00186. The Bertz CT molecular complexity index is 764. The third-order valence-corrected chi connectivity index (χ3v) is 6.64. The molecule has 1 aliphatic rings. The summed E-state index contributed by atoms with van der Waals surface area (Å²) in [5.74, 6) is -0.0141. The van der Waals surface area contributed by atoms with Crippen molar-refractivity contribution in [1.82, 2.24) is 10.2 Å². The lowest BCUT2D eigenvalue weighted by molar-refractivity contribution is -0.121. The minimum atomic E-state index is -0.252. The van der Waals surface area contributed by atoms with Gasteiger partial charge in [-0.05, 0) is 35.7 Å². The van der Waals surface area contributed by atoms with Gasteiger partial charge in [0.2, 0.25) is 5.91 Å². The molecule has 0 spiro atoms. The van der Waals surface area contributed by atoms with E-state index in [1.54, 1.807) is 23.9 Å². The maximum atomic E-state index is 13.4. The number of thioether (sulfide) groups is 1. The number of carbonyl (C=O) groups excluding carboxylic acids is 1. The van der Waals surface area contributed by atoms with Crippen LogP contribution >= 0.6 is 11.8 Å². The Labute approximate surface area is 176 Å². The molecule has 1 fully saturated rings. The van der Waals surface area contributed by atoms with Gasteiger partial charge in [0.05, 0.1) is 24.5 Å². The fourth-order valence-electron chi connectivity index (χ4n) is 3.47. The van der Waals surface area contributed by atoms with Crippen molar-refractivity contribution in [2.75, 3.05) is 32.8 Å². The zero-order chi connectivity index (χ0) is 20.6. The molecule has 0 unspecified atom stereocenters. The molecule has 1 amide bonds. The summed E-state index contributed by atoms with van der Waals surface area (Å²) in [6, 6.07) is 16.6. The van der Waals surface area contributed by atoms with E-state index < -0.39 is 0 Å². The van der Waals surface area contributed by atoms with Crippen molar-refractivity contribution in [3.05, 3.63) is 66.0 Å². The van der Waals surface area contributed by atoms with Crippen LogP contribution in [-0.4, -0.2) is 48.9 Å². The maximum Gasteiger partial charge on any atom is 0.233 e. The molecule has 0 radical (unpaired) electrons. The summed E-state index contributed by atoms with van der Waals surface area (Å²) < 4.78 is 18.9. The number of rotatable bonds is 8. The molecule has 3 rings (SSSR count). The summed E-state index contributed by atoms with van der Waals surface area (Å²) in [5.41, 5.74) is 1.01. The molecule has 0 aliphatic carbocycles. The van der Waals surface area contributed by atoms with Crippen LogP contribution in [0.4, 0.5) is 4.39 Å². The number of morpholine rings is 1. The Kier molecular flexibility index (Phi) is 8.09. The van der Waals surface area contributed by atoms with Crippen molar-refractivity contribution in [2.24, 2.45) is 5.92 Å². The molecular formula is C23H29FN2O2S. The van der Waals surface area contributed by atoms with E-state index >= 15 is 0 Å². The van der Waals surface area contributed by atoms with Crippen molar-refractivity contribution in [2.45, 2.75) is 30.0 Å². The van der Waals surface area contributed by atoms with E-state index in [0.29, 0.717) is 19.8 Å². The van der Waals surface area contributed by atoms with Crippen LogP contribution in [0.1, 0.15) is 25.5 Å². The molecule has 2 aromatic carbocycles. The van der Waals surface area contributed by atoms with Gasteiger partial charge in [0.15, 0.2) is 0 Å². The van der Waals surface area contributed by atoms with Crippen molar-refractivity contribution in [3.8, 4) is 0 Å². The lowest BCUT2D eigenvalue weighted by atomic mass is 10.0. The Morgan fingerprint density at radius 2 is 1.76 bits per heavy atom. The van der Waals surface area contributed by atoms with Crippen LogP contribution in [0, 0.1) is 11.7 Å². The second kappa shape index (κ2) is 10.8. The number of carbonyl (C=O) groups is 1. The van der Waals surface area contributed by atoms with Crippen LogP contribution < -0.4 is 5.32 Å². The number of nitrogens with one attached hydrogen (secondary N) is 1. The van der Waals surface area contributed by atoms with Crippen LogP contribution in [0.15, 0.2) is 59.5 Å². The van der Waals surface area contributed by atoms with Crippen LogP contribution in [0.2, 0.25) is 0 Å². The van der Waals surface area contributed by atoms with Gasteiger partial charge in [-0.1, -0.05) is 44.2 Å². The third kappa shape index (κ3) is 6.29. The summed E-state index contributed by atoms with van der Waals surface area (Å²) in [5, 5.41) is 2.99. The van der Waals surface area contributed by atoms with Crippen molar-refractivity contribution >= 4 is 17.7 Å². The molecule has 0 aromatic heterocycles. The molecule has 29 heavy (non-hydrogen) atoms. The van der Waals surface area contributed by atoms with Crippen LogP contribution in [0.3, 0.4) is 0 Å². The van der Waals surface area contributed by atoms with Crippen molar-refractivity contribution in [3.63, 3.8) is 0 Å². The first-order valence-corrected chi connectivity index (χ1v) is 11.0. The molecule has 1 saturated heterocycles. The second-order valence-corrected chi connectivity index (χ2v) is 8.77. The number of ether oxygens (including phenoxy) is 1. The van der Waals surface area contributed by atoms with Gasteiger partial charge in [-0.15, -0.1) is 11.8 Å². The zero-order valence-corrected chi connectivity index (χ0v) is 17.8. The lowest BCUT2D eigenvalue weighted by Crippen LogP contribution is -2.45. The van der Waals surface area contributed by atoms with E-state index in [9.17, 15) is 9.18 Å². The smallest absolute Gasteiger partial charge is 0.233 e. The zero-order valence-electron chi connectivity index (χ0n) is 17.0. The van der Waals surface area contributed by atoms with Gasteiger partial charge >= 0.3 is 0 Å². The lowest BCUT2D eigenvalue weighted by Gasteiger charge is -2.35. The molecule has 4 nitrogen and oxygen atoms in total. The van der Waals surface area contributed by atoms with Gasteiger partial charge in [0, 0.05) is 24.5 Å². The van der Waals surface area contributed by atoms with Crippen molar-refractivity contribution < 1.29 is 13.9 Å². The number of amides is 1. The third-order valence-electron chi connectivity index (χ3n) is 5.08. The van der Waals surface area contributed by atoms with Gasteiger partial charge in [-0.2, -0.15) is 0 Å². The van der Waals surface area contributed by atoms with Crippen LogP contribution in [-0.2, 0) is 9.53 Å². The van der Waals surface area contributed by atoms with E-state index in [4.69, 9.17) is 4.74 Å². The first kappa shape index (κ1) is 21.8. The molecule has 1 aliphatic heterocycles. The predicted molar refractivity (Wildman–Crippen MR) is 115 cm³/mol. The van der Waals surface area contributed by atoms with E-state index in [2.05, 4.69) is 24.1 Å². The number of hydrogen-bond acceptors (Lipinski definition) is 4. The average Bonchev–Trinajstić information content (AvgIpc) is 2.74. The highest BCUT2D eigenvalue weighted by Crippen LogP contribution is 2.28. The van der Waals surface area contributed by atoms with E-state index in [0.717, 1.165) is 23.5 Å². The van der Waals surface area contributed by atoms with Gasteiger partial charge in [0.25, 0.3) is 0 Å². The van der Waals surface area contributed by atoms with Crippen molar-refractivity contribution in [1.29, 1.82) is 0 Å². The number of benzene rings is 2. The number of halogens is 1. The van der Waals surface area contributed by atoms with Gasteiger partial charge in [-0.25, -0.2) is 4.39 Å². The van der Waals surface area contributed by atoms with Crippen LogP contribution in [0.5, 0.6) is 0 Å². The Morgan fingerprint density at radius 1 is 1.10 bits per heavy atom. The highest BCUT2D eigenvalue weighted by atomic mass is 32.2. The SMILES string of the molecule is CC(C)[C@@H](Sc1ccccc1)C(=O)NC[C@@H](c1ccc(F)cc1)N1CCOCC1. The molecule has 0 bridgehead atoms. The molecule has 1 heterocycles. The quantitative estimate of drug-likeness (QED) is 0.657. The molecule has 156 valence electrons. The Balaban J connectivity index is 1.69. The molecule has 2 aromatic rings. The summed E-state index contributed by atoms with van der Waals surface area (Å²) in [6.07, 6.45) is 0. The molecule has 1 N–H and O–H groups in total. The summed E-state index contributed by atoms with van der Waals surface area (Å²) in [4.78, 5) is 16.4. The fourth-order valence-corrected chi connectivity index (χ4v) is 4.54. The van der Waals surface area contributed by atoms with E-state index in [-0.39, 0.29) is 28.9 Å². The normalized spacial score (nSPS) is 17.1. The fraction of sp³-hybridized carbons (Fsp3) is 0.435. The predicted octanol–water partition coefficient (Wildman–Crippen LogP) is 4.13. The Hall–Kier alpha value is -1.89. The number of hydrogen-bond donors (Lipinski definition) is 1. The largest absolute Gasteiger partial charge is 0.379 e. The highest BCUT2D eigenvalue weighted by molar-refractivity contribution is 8.00. The molecule has 0 saturated carbocycles. The highest BCUT2D eigenvalue weighted by Gasteiger charge is 2.27. The molecular weight excluding hydrogens is 387 g/mol. The summed E-state index contributed by atoms with van der Waals surface area (Å²) in [6.45, 7) is 7.56. The van der Waals surface area contributed by atoms with E-state index in [1.165, 1.54) is 12.1 Å². The minimum Gasteiger partial charge on any atom is -0.379 e.